The van der Waals surface area contributed by atoms with Crippen LogP contribution < -0.4 is 0 Å². The highest BCUT2D eigenvalue weighted by Gasteiger charge is 2.41. The van der Waals surface area contributed by atoms with Crippen molar-refractivity contribution in [1.29, 1.82) is 0 Å². The number of amides is 1. The molecule has 0 aromatic carbocycles. The van der Waals surface area contributed by atoms with E-state index in [4.69, 9.17) is 4.52 Å². The van der Waals surface area contributed by atoms with E-state index in [9.17, 15) is 4.79 Å². The number of likely N-dealkylation sites (tertiary alicyclic amines) is 2. The van der Waals surface area contributed by atoms with E-state index in [1.165, 1.54) is 6.42 Å². The number of carbonyl (C=O) groups is 1. The zero-order chi connectivity index (χ0) is 18.7. The van der Waals surface area contributed by atoms with E-state index in [0.29, 0.717) is 18.9 Å². The van der Waals surface area contributed by atoms with E-state index >= 15 is 0 Å². The molecule has 1 atom stereocenters. The van der Waals surface area contributed by atoms with Crippen molar-refractivity contribution in [2.75, 3.05) is 19.6 Å². The number of pyridine rings is 1. The van der Waals surface area contributed by atoms with Crippen LogP contribution in [0.25, 0.3) is 0 Å². The van der Waals surface area contributed by atoms with Gasteiger partial charge in [-0.25, -0.2) is 0 Å². The van der Waals surface area contributed by atoms with Crippen LogP contribution in [0.5, 0.6) is 0 Å². The summed E-state index contributed by atoms with van der Waals surface area (Å²) in [5.41, 5.74) is 1.12. The predicted molar refractivity (Wildman–Crippen MR) is 99.5 cm³/mol. The maximum atomic E-state index is 12.5. The molecule has 7 nitrogen and oxygen atoms in total. The summed E-state index contributed by atoms with van der Waals surface area (Å²) in [5.74, 6) is 1.71. The molecule has 0 radical (unpaired) electrons. The third kappa shape index (κ3) is 4.18. The van der Waals surface area contributed by atoms with Crippen LogP contribution >= 0.6 is 0 Å². The molecule has 2 aromatic rings. The Morgan fingerprint density at radius 3 is 2.93 bits per heavy atom. The Kier molecular flexibility index (Phi) is 5.20. The lowest BCUT2D eigenvalue weighted by atomic mass is 9.73. The number of carbonyl (C=O) groups excluding carboxylic acids is 1. The van der Waals surface area contributed by atoms with Gasteiger partial charge in [0.25, 0.3) is 0 Å². The van der Waals surface area contributed by atoms with Crippen molar-refractivity contribution in [3.63, 3.8) is 0 Å². The van der Waals surface area contributed by atoms with Gasteiger partial charge in [-0.15, -0.1) is 0 Å². The second-order valence-corrected chi connectivity index (χ2v) is 7.84. The average Bonchev–Trinajstić information content (AvgIpc) is 3.14. The van der Waals surface area contributed by atoms with Crippen LogP contribution in [0.3, 0.4) is 0 Å². The number of hydrogen-bond donors (Lipinski definition) is 0. The molecule has 144 valence electrons. The lowest BCUT2D eigenvalue weighted by molar-refractivity contribution is -0.140. The van der Waals surface area contributed by atoms with Gasteiger partial charge in [0, 0.05) is 37.5 Å². The molecule has 2 aliphatic rings. The molecular weight excluding hydrogens is 342 g/mol. The first-order chi connectivity index (χ1) is 13.2. The number of hydrogen-bond acceptors (Lipinski definition) is 6. The van der Waals surface area contributed by atoms with E-state index < -0.39 is 0 Å². The molecule has 0 saturated carbocycles. The van der Waals surface area contributed by atoms with Crippen LogP contribution in [-0.2, 0) is 24.3 Å². The predicted octanol–water partition coefficient (Wildman–Crippen LogP) is 2.43. The van der Waals surface area contributed by atoms with E-state index in [1.54, 1.807) is 6.20 Å². The minimum Gasteiger partial charge on any atom is -0.339 e. The van der Waals surface area contributed by atoms with Crippen LogP contribution in [-0.4, -0.2) is 50.5 Å². The van der Waals surface area contributed by atoms with Crippen molar-refractivity contribution in [1.82, 2.24) is 24.9 Å². The minimum absolute atomic E-state index is 0.165. The SMILES string of the molecule is CCc1nc(CN2CCCC3(CCC(=O)N(Cc4ccccn4)C3)C2)no1. The van der Waals surface area contributed by atoms with Crippen LogP contribution in [0.2, 0.25) is 0 Å². The van der Waals surface area contributed by atoms with Gasteiger partial charge < -0.3 is 9.42 Å². The fourth-order valence-electron chi connectivity index (χ4n) is 4.41. The van der Waals surface area contributed by atoms with Gasteiger partial charge in [0.2, 0.25) is 11.8 Å². The Labute approximate surface area is 159 Å². The molecule has 7 heteroatoms. The minimum atomic E-state index is 0.165. The summed E-state index contributed by atoms with van der Waals surface area (Å²) in [6.07, 6.45) is 6.46. The lowest BCUT2D eigenvalue weighted by Crippen LogP contribution is -2.53. The molecule has 1 unspecified atom stereocenters. The normalized spacial score (nSPS) is 23.9. The maximum absolute atomic E-state index is 12.5. The van der Waals surface area contributed by atoms with Crippen LogP contribution in [0.15, 0.2) is 28.9 Å². The van der Waals surface area contributed by atoms with Gasteiger partial charge >= 0.3 is 0 Å². The summed E-state index contributed by atoms with van der Waals surface area (Å²) in [5, 5.41) is 4.10. The van der Waals surface area contributed by atoms with E-state index in [1.807, 2.05) is 30.0 Å². The van der Waals surface area contributed by atoms with E-state index in [2.05, 4.69) is 20.0 Å². The Bertz CT molecular complexity index is 778. The zero-order valence-electron chi connectivity index (χ0n) is 15.9. The second-order valence-electron chi connectivity index (χ2n) is 7.84. The number of aryl methyl sites for hydroxylation is 1. The van der Waals surface area contributed by atoms with E-state index in [0.717, 1.165) is 57.0 Å². The average molecular weight is 369 g/mol. The molecule has 4 heterocycles. The van der Waals surface area contributed by atoms with Crippen molar-refractivity contribution < 1.29 is 9.32 Å². The molecule has 2 aliphatic heterocycles. The van der Waals surface area contributed by atoms with Crippen molar-refractivity contribution in [3.05, 3.63) is 41.8 Å². The summed E-state index contributed by atoms with van der Waals surface area (Å²) in [6.45, 7) is 6.18. The molecule has 0 aliphatic carbocycles. The van der Waals surface area contributed by atoms with Gasteiger partial charge in [0.1, 0.15) is 0 Å². The molecule has 2 saturated heterocycles. The largest absolute Gasteiger partial charge is 0.339 e. The highest BCUT2D eigenvalue weighted by atomic mass is 16.5. The number of rotatable bonds is 5. The topological polar surface area (TPSA) is 75.4 Å². The molecule has 2 aromatic heterocycles. The molecule has 27 heavy (non-hydrogen) atoms. The first-order valence-corrected chi connectivity index (χ1v) is 9.87. The van der Waals surface area contributed by atoms with Gasteiger partial charge in [-0.05, 0) is 37.9 Å². The first kappa shape index (κ1) is 18.1. The third-order valence-electron chi connectivity index (χ3n) is 5.75. The Balaban J connectivity index is 1.42. The quantitative estimate of drug-likeness (QED) is 0.806. The number of aromatic nitrogens is 3. The first-order valence-electron chi connectivity index (χ1n) is 9.87. The Hall–Kier alpha value is -2.28. The van der Waals surface area contributed by atoms with Gasteiger partial charge in [0.05, 0.1) is 18.8 Å². The summed E-state index contributed by atoms with van der Waals surface area (Å²) in [7, 11) is 0. The van der Waals surface area contributed by atoms with Crippen molar-refractivity contribution >= 4 is 5.91 Å². The van der Waals surface area contributed by atoms with Crippen LogP contribution in [0.4, 0.5) is 0 Å². The third-order valence-corrected chi connectivity index (χ3v) is 5.75. The lowest BCUT2D eigenvalue weighted by Gasteiger charge is -2.48. The van der Waals surface area contributed by atoms with Crippen LogP contribution in [0, 0.1) is 5.41 Å². The summed E-state index contributed by atoms with van der Waals surface area (Å²) in [6, 6.07) is 5.87. The summed E-state index contributed by atoms with van der Waals surface area (Å²) < 4.78 is 5.24. The zero-order valence-corrected chi connectivity index (χ0v) is 15.9. The highest BCUT2D eigenvalue weighted by molar-refractivity contribution is 5.77. The smallest absolute Gasteiger partial charge is 0.226 e. The number of piperidine rings is 2. The molecule has 1 spiro atoms. The van der Waals surface area contributed by atoms with Crippen LogP contribution in [0.1, 0.15) is 50.0 Å². The van der Waals surface area contributed by atoms with Crippen molar-refractivity contribution in [2.24, 2.45) is 5.41 Å². The van der Waals surface area contributed by atoms with Gasteiger partial charge in [-0.1, -0.05) is 18.1 Å². The second kappa shape index (κ2) is 7.76. The molecule has 1 amide bonds. The molecule has 0 N–H and O–H groups in total. The summed E-state index contributed by atoms with van der Waals surface area (Å²) in [4.78, 5) is 25.7. The standard InChI is InChI=1S/C20H27N5O2/c1-2-18-22-17(23-27-18)13-24-11-5-8-20(14-24)9-7-19(26)25(15-20)12-16-6-3-4-10-21-16/h3-4,6,10H,2,5,7-9,11-15H2,1H3. The Morgan fingerprint density at radius 2 is 2.15 bits per heavy atom. The fourth-order valence-corrected chi connectivity index (χ4v) is 4.41. The van der Waals surface area contributed by atoms with Gasteiger partial charge in [0.15, 0.2) is 5.82 Å². The monoisotopic (exact) mass is 369 g/mol. The molecule has 4 rings (SSSR count). The maximum Gasteiger partial charge on any atom is 0.226 e. The van der Waals surface area contributed by atoms with Crippen molar-refractivity contribution in [3.8, 4) is 0 Å². The summed E-state index contributed by atoms with van der Waals surface area (Å²) >= 11 is 0. The fraction of sp³-hybridized carbons (Fsp3) is 0.600. The van der Waals surface area contributed by atoms with Crippen molar-refractivity contribution in [2.45, 2.75) is 52.1 Å². The highest BCUT2D eigenvalue weighted by Crippen LogP contribution is 2.39. The van der Waals surface area contributed by atoms with Gasteiger partial charge in [-0.3, -0.25) is 14.7 Å². The number of nitrogens with zero attached hydrogens (tertiary/aromatic N) is 5. The Morgan fingerprint density at radius 1 is 1.22 bits per heavy atom. The molecule has 0 bridgehead atoms. The van der Waals surface area contributed by atoms with Gasteiger partial charge in [-0.2, -0.15) is 4.98 Å². The van der Waals surface area contributed by atoms with E-state index in [-0.39, 0.29) is 11.3 Å². The molecule has 2 fully saturated rings. The molecular formula is C20H27N5O2.